The third-order valence-electron chi connectivity index (χ3n) is 2.51. The maximum atomic E-state index is 12.4. The Labute approximate surface area is 140 Å². The van der Waals surface area contributed by atoms with Gasteiger partial charge in [-0.1, -0.05) is 45.2 Å². The van der Waals surface area contributed by atoms with Gasteiger partial charge in [0, 0.05) is 4.47 Å². The van der Waals surface area contributed by atoms with Crippen molar-refractivity contribution in [3.8, 4) is 11.5 Å². The van der Waals surface area contributed by atoms with Crippen molar-refractivity contribution in [2.24, 2.45) is 0 Å². The lowest BCUT2D eigenvalue weighted by Crippen LogP contribution is -2.11. The monoisotopic (exact) mass is 410 g/mol. The number of para-hydroxylation sites is 1. The lowest BCUT2D eigenvalue weighted by molar-refractivity contribution is 0.398. The van der Waals surface area contributed by atoms with Gasteiger partial charge in [-0.25, -0.2) is 0 Å². The Bertz CT molecular complexity index is 757. The molecule has 2 rings (SSSR count). The van der Waals surface area contributed by atoms with Gasteiger partial charge >= 0.3 is 10.1 Å². The van der Waals surface area contributed by atoms with E-state index in [4.69, 9.17) is 32.1 Å². The van der Waals surface area contributed by atoms with Gasteiger partial charge in [0.05, 0.1) is 17.2 Å². The maximum absolute atomic E-state index is 12.4. The number of halogens is 3. The molecule has 21 heavy (non-hydrogen) atoms. The Morgan fingerprint density at radius 3 is 2.29 bits per heavy atom. The van der Waals surface area contributed by atoms with Crippen LogP contribution in [0, 0.1) is 0 Å². The zero-order chi connectivity index (χ0) is 15.6. The molecule has 0 unspecified atom stereocenters. The van der Waals surface area contributed by atoms with E-state index < -0.39 is 10.1 Å². The van der Waals surface area contributed by atoms with Crippen LogP contribution in [0.4, 0.5) is 0 Å². The Kier molecular flexibility index (Phi) is 5.03. The minimum absolute atomic E-state index is 0.0973. The quantitative estimate of drug-likeness (QED) is 0.693. The van der Waals surface area contributed by atoms with Gasteiger partial charge < -0.3 is 8.92 Å². The van der Waals surface area contributed by atoms with Crippen molar-refractivity contribution in [1.29, 1.82) is 0 Å². The van der Waals surface area contributed by atoms with Crippen LogP contribution in [0.3, 0.4) is 0 Å². The normalized spacial score (nSPS) is 11.2. The van der Waals surface area contributed by atoms with Crippen molar-refractivity contribution in [3.63, 3.8) is 0 Å². The van der Waals surface area contributed by atoms with E-state index in [9.17, 15) is 8.42 Å². The standard InChI is InChI=1S/C13H9BrCl2O4S/c1-19-11-6-5-8(14)7-12(11)21(17,18)20-13-9(15)3-2-4-10(13)16/h2-7H,1H3. The fraction of sp³-hybridized carbons (Fsp3) is 0.0769. The van der Waals surface area contributed by atoms with Crippen LogP contribution in [0.5, 0.6) is 11.5 Å². The first-order valence-corrected chi connectivity index (χ1v) is 8.53. The first-order valence-electron chi connectivity index (χ1n) is 5.57. The average Bonchev–Trinajstić information content (AvgIpc) is 2.43. The number of hydrogen-bond donors (Lipinski definition) is 0. The topological polar surface area (TPSA) is 52.6 Å². The van der Waals surface area contributed by atoms with E-state index in [0.29, 0.717) is 4.47 Å². The van der Waals surface area contributed by atoms with E-state index in [0.717, 1.165) is 0 Å². The Hall–Kier alpha value is -0.950. The molecule has 0 heterocycles. The molecule has 0 N–H and O–H groups in total. The summed E-state index contributed by atoms with van der Waals surface area (Å²) in [5.41, 5.74) is 0. The van der Waals surface area contributed by atoms with E-state index in [2.05, 4.69) is 15.9 Å². The van der Waals surface area contributed by atoms with Crippen LogP contribution >= 0.6 is 39.1 Å². The highest BCUT2D eigenvalue weighted by molar-refractivity contribution is 9.10. The van der Waals surface area contributed by atoms with Crippen molar-refractivity contribution < 1.29 is 17.3 Å². The Morgan fingerprint density at radius 2 is 1.71 bits per heavy atom. The van der Waals surface area contributed by atoms with E-state index in [1.54, 1.807) is 12.1 Å². The third kappa shape index (κ3) is 3.63. The second-order valence-electron chi connectivity index (χ2n) is 3.88. The molecule has 0 bridgehead atoms. The molecular weight excluding hydrogens is 403 g/mol. The zero-order valence-electron chi connectivity index (χ0n) is 10.6. The highest BCUT2D eigenvalue weighted by atomic mass is 79.9. The molecule has 0 saturated heterocycles. The van der Waals surface area contributed by atoms with Crippen molar-refractivity contribution in [1.82, 2.24) is 0 Å². The molecule has 0 atom stereocenters. The van der Waals surface area contributed by atoms with E-state index >= 15 is 0 Å². The second kappa shape index (κ2) is 6.44. The minimum atomic E-state index is -4.15. The van der Waals surface area contributed by atoms with Gasteiger partial charge in [-0.2, -0.15) is 8.42 Å². The summed E-state index contributed by atoms with van der Waals surface area (Å²) in [7, 11) is -2.78. The predicted octanol–water partition coefficient (Wildman–Crippen LogP) is 4.53. The van der Waals surface area contributed by atoms with Crippen LogP contribution in [-0.4, -0.2) is 15.5 Å². The van der Waals surface area contributed by atoms with Gasteiger partial charge in [0.25, 0.3) is 0 Å². The van der Waals surface area contributed by atoms with Gasteiger partial charge in [-0.3, -0.25) is 0 Å². The maximum Gasteiger partial charge on any atom is 0.343 e. The number of hydrogen-bond acceptors (Lipinski definition) is 4. The lowest BCUT2D eigenvalue weighted by atomic mass is 10.3. The number of ether oxygens (including phenoxy) is 1. The highest BCUT2D eigenvalue weighted by Gasteiger charge is 2.24. The fourth-order valence-corrected chi connectivity index (χ4v) is 3.80. The molecule has 0 amide bonds. The molecular formula is C13H9BrCl2O4S. The van der Waals surface area contributed by atoms with Crippen LogP contribution < -0.4 is 8.92 Å². The van der Waals surface area contributed by atoms with Gasteiger partial charge in [0.15, 0.2) is 5.75 Å². The van der Waals surface area contributed by atoms with Crippen molar-refractivity contribution >= 4 is 49.2 Å². The summed E-state index contributed by atoms with van der Waals surface area (Å²) >= 11 is 15.0. The van der Waals surface area contributed by atoms with Crippen LogP contribution in [0.1, 0.15) is 0 Å². The lowest BCUT2D eigenvalue weighted by Gasteiger charge is -2.12. The summed E-state index contributed by atoms with van der Waals surface area (Å²) in [6, 6.07) is 9.09. The minimum Gasteiger partial charge on any atom is -0.495 e. The first kappa shape index (κ1) is 16.4. The van der Waals surface area contributed by atoms with Gasteiger partial charge in [0.1, 0.15) is 10.6 Å². The van der Waals surface area contributed by atoms with E-state index in [-0.39, 0.29) is 26.4 Å². The summed E-state index contributed by atoms with van der Waals surface area (Å²) in [4.78, 5) is -0.129. The SMILES string of the molecule is COc1ccc(Br)cc1S(=O)(=O)Oc1c(Cl)cccc1Cl. The molecule has 8 heteroatoms. The number of methoxy groups -OCH3 is 1. The molecule has 0 fully saturated rings. The fourth-order valence-electron chi connectivity index (χ4n) is 1.56. The van der Waals surface area contributed by atoms with Crippen molar-refractivity contribution in [3.05, 3.63) is 50.9 Å². The summed E-state index contributed by atoms with van der Waals surface area (Å²) in [6.45, 7) is 0. The van der Waals surface area contributed by atoms with Crippen LogP contribution in [-0.2, 0) is 10.1 Å². The molecule has 0 aromatic heterocycles. The van der Waals surface area contributed by atoms with Crippen LogP contribution in [0.25, 0.3) is 0 Å². The highest BCUT2D eigenvalue weighted by Crippen LogP contribution is 2.36. The molecule has 112 valence electrons. The molecule has 0 aliphatic heterocycles. The van der Waals surface area contributed by atoms with Crippen molar-refractivity contribution in [2.75, 3.05) is 7.11 Å². The Balaban J connectivity index is 2.51. The molecule has 0 saturated carbocycles. The second-order valence-corrected chi connectivity index (χ2v) is 7.13. The van der Waals surface area contributed by atoms with Gasteiger partial charge in [-0.05, 0) is 30.3 Å². The van der Waals surface area contributed by atoms with E-state index in [1.807, 2.05) is 0 Å². The van der Waals surface area contributed by atoms with E-state index in [1.165, 1.54) is 31.4 Å². The summed E-state index contributed by atoms with van der Waals surface area (Å²) in [5.74, 6) is 0.0317. The van der Waals surface area contributed by atoms with Crippen molar-refractivity contribution in [2.45, 2.75) is 4.90 Å². The summed E-state index contributed by atoms with van der Waals surface area (Å²) < 4.78 is 35.5. The van der Waals surface area contributed by atoms with Gasteiger partial charge in [0.2, 0.25) is 0 Å². The first-order chi connectivity index (χ1) is 9.85. The average molecular weight is 412 g/mol. The summed E-state index contributed by atoms with van der Waals surface area (Å²) in [6.07, 6.45) is 0. The third-order valence-corrected chi connectivity index (χ3v) is 4.84. The Morgan fingerprint density at radius 1 is 1.10 bits per heavy atom. The molecule has 4 nitrogen and oxygen atoms in total. The molecule has 2 aromatic carbocycles. The van der Waals surface area contributed by atoms with Crippen LogP contribution in [0.15, 0.2) is 45.8 Å². The number of rotatable bonds is 4. The molecule has 0 spiro atoms. The molecule has 0 radical (unpaired) electrons. The smallest absolute Gasteiger partial charge is 0.343 e. The van der Waals surface area contributed by atoms with Crippen LogP contribution in [0.2, 0.25) is 10.0 Å². The number of benzene rings is 2. The van der Waals surface area contributed by atoms with Gasteiger partial charge in [-0.15, -0.1) is 0 Å². The summed E-state index contributed by atoms with van der Waals surface area (Å²) in [5, 5.41) is 0.195. The zero-order valence-corrected chi connectivity index (χ0v) is 14.6. The molecule has 0 aliphatic rings. The molecule has 0 aliphatic carbocycles. The predicted molar refractivity (Wildman–Crippen MR) is 85.0 cm³/mol. The molecule has 2 aromatic rings. The largest absolute Gasteiger partial charge is 0.495 e.